The maximum Gasteiger partial charge on any atom is 0.220 e. The molecule has 0 bridgehead atoms. The lowest BCUT2D eigenvalue weighted by Crippen LogP contribution is -2.26. The zero-order valence-electron chi connectivity index (χ0n) is 13.6. The fraction of sp³-hybridized carbons (Fsp3) is 0.529. The summed E-state index contributed by atoms with van der Waals surface area (Å²) in [6, 6.07) is 4.58. The third kappa shape index (κ3) is 5.03. The van der Waals surface area contributed by atoms with Gasteiger partial charge in [0.25, 0.3) is 0 Å². The van der Waals surface area contributed by atoms with Gasteiger partial charge in [0, 0.05) is 32.5 Å². The standard InChI is InChI=1S/C17H25FN4O/c1-22-15-8-7-13(18)12-14(15)21-16(22)9-11-20-17(23)6-4-2-3-5-10-19/h7-8,12H,2-6,9-11,19H2,1H3,(H,20,23). The van der Waals surface area contributed by atoms with Crippen molar-refractivity contribution in [1.29, 1.82) is 0 Å². The third-order valence-corrected chi connectivity index (χ3v) is 3.96. The van der Waals surface area contributed by atoms with Gasteiger partial charge in [0.05, 0.1) is 11.0 Å². The van der Waals surface area contributed by atoms with Gasteiger partial charge in [0.1, 0.15) is 11.6 Å². The lowest BCUT2D eigenvalue weighted by molar-refractivity contribution is -0.121. The molecular weight excluding hydrogens is 295 g/mol. The zero-order chi connectivity index (χ0) is 16.7. The molecule has 2 aromatic rings. The van der Waals surface area contributed by atoms with E-state index in [1.165, 1.54) is 12.1 Å². The Kier molecular flexibility index (Phi) is 6.52. The number of hydrogen-bond donors (Lipinski definition) is 2. The van der Waals surface area contributed by atoms with Crippen molar-refractivity contribution in [3.8, 4) is 0 Å². The number of imidazole rings is 1. The molecule has 0 saturated heterocycles. The molecule has 6 heteroatoms. The van der Waals surface area contributed by atoms with Crippen LogP contribution in [0.5, 0.6) is 0 Å². The first kappa shape index (κ1) is 17.4. The van der Waals surface area contributed by atoms with E-state index in [0.29, 0.717) is 31.4 Å². The number of halogens is 1. The second kappa shape index (κ2) is 8.62. The topological polar surface area (TPSA) is 72.9 Å². The maximum absolute atomic E-state index is 13.2. The number of unbranched alkanes of at least 4 members (excludes halogenated alkanes) is 3. The molecule has 1 heterocycles. The lowest BCUT2D eigenvalue weighted by atomic mass is 10.1. The molecule has 0 aliphatic rings. The van der Waals surface area contributed by atoms with Gasteiger partial charge in [-0.2, -0.15) is 0 Å². The summed E-state index contributed by atoms with van der Waals surface area (Å²) >= 11 is 0. The normalized spacial score (nSPS) is 11.1. The van der Waals surface area contributed by atoms with E-state index in [4.69, 9.17) is 5.73 Å². The van der Waals surface area contributed by atoms with Crippen molar-refractivity contribution >= 4 is 16.9 Å². The minimum absolute atomic E-state index is 0.0718. The van der Waals surface area contributed by atoms with E-state index in [-0.39, 0.29) is 11.7 Å². The molecule has 0 saturated carbocycles. The summed E-state index contributed by atoms with van der Waals surface area (Å²) in [5, 5.41) is 2.91. The van der Waals surface area contributed by atoms with Crippen LogP contribution in [0.4, 0.5) is 4.39 Å². The quantitative estimate of drug-likeness (QED) is 0.696. The molecule has 0 radical (unpaired) electrons. The zero-order valence-corrected chi connectivity index (χ0v) is 13.6. The predicted molar refractivity (Wildman–Crippen MR) is 89.5 cm³/mol. The average molecular weight is 320 g/mol. The number of nitrogens with two attached hydrogens (primary N) is 1. The van der Waals surface area contributed by atoms with Crippen LogP contribution in [0.25, 0.3) is 11.0 Å². The molecule has 0 unspecified atom stereocenters. The van der Waals surface area contributed by atoms with Gasteiger partial charge in [-0.25, -0.2) is 9.37 Å². The Morgan fingerprint density at radius 2 is 2.09 bits per heavy atom. The van der Waals surface area contributed by atoms with Crippen LogP contribution in [-0.4, -0.2) is 28.5 Å². The summed E-state index contributed by atoms with van der Waals surface area (Å²) in [7, 11) is 1.90. The number of nitrogens with one attached hydrogen (secondary N) is 1. The number of fused-ring (bicyclic) bond motifs is 1. The number of aromatic nitrogens is 2. The minimum Gasteiger partial charge on any atom is -0.356 e. The third-order valence-electron chi connectivity index (χ3n) is 3.96. The van der Waals surface area contributed by atoms with Gasteiger partial charge in [-0.3, -0.25) is 4.79 Å². The predicted octanol–water partition coefficient (Wildman–Crippen LogP) is 2.28. The number of benzene rings is 1. The van der Waals surface area contributed by atoms with E-state index < -0.39 is 0 Å². The Balaban J connectivity index is 1.76. The van der Waals surface area contributed by atoms with Crippen LogP contribution in [0.3, 0.4) is 0 Å². The molecule has 1 aromatic carbocycles. The molecule has 2 rings (SSSR count). The van der Waals surface area contributed by atoms with Crippen LogP contribution in [0, 0.1) is 5.82 Å². The van der Waals surface area contributed by atoms with Crippen LogP contribution < -0.4 is 11.1 Å². The van der Waals surface area contributed by atoms with Gasteiger partial charge >= 0.3 is 0 Å². The Labute approximate surface area is 136 Å². The van der Waals surface area contributed by atoms with Crippen LogP contribution in [-0.2, 0) is 18.3 Å². The van der Waals surface area contributed by atoms with Crippen LogP contribution in [0.1, 0.15) is 37.9 Å². The summed E-state index contributed by atoms with van der Waals surface area (Å²) in [4.78, 5) is 16.2. The summed E-state index contributed by atoms with van der Waals surface area (Å²) in [6.45, 7) is 1.26. The Bertz CT molecular complexity index is 653. The van der Waals surface area contributed by atoms with Crippen molar-refractivity contribution in [2.75, 3.05) is 13.1 Å². The molecule has 3 N–H and O–H groups in total. The van der Waals surface area contributed by atoms with E-state index in [9.17, 15) is 9.18 Å². The highest BCUT2D eigenvalue weighted by atomic mass is 19.1. The van der Waals surface area contributed by atoms with Gasteiger partial charge in [-0.1, -0.05) is 12.8 Å². The molecule has 0 aliphatic carbocycles. The van der Waals surface area contributed by atoms with E-state index in [1.807, 2.05) is 11.6 Å². The molecule has 1 aromatic heterocycles. The maximum atomic E-state index is 13.2. The molecule has 1 amide bonds. The van der Waals surface area contributed by atoms with E-state index in [0.717, 1.165) is 37.0 Å². The molecule has 0 atom stereocenters. The first-order valence-corrected chi connectivity index (χ1v) is 8.19. The Morgan fingerprint density at radius 3 is 2.87 bits per heavy atom. The highest BCUT2D eigenvalue weighted by Crippen LogP contribution is 2.16. The van der Waals surface area contributed by atoms with E-state index in [2.05, 4.69) is 10.3 Å². The Morgan fingerprint density at radius 1 is 1.30 bits per heavy atom. The molecule has 0 fully saturated rings. The van der Waals surface area contributed by atoms with Crippen molar-refractivity contribution in [3.63, 3.8) is 0 Å². The van der Waals surface area contributed by atoms with Crippen molar-refractivity contribution in [1.82, 2.24) is 14.9 Å². The van der Waals surface area contributed by atoms with Gasteiger partial charge in [0.2, 0.25) is 5.91 Å². The first-order valence-electron chi connectivity index (χ1n) is 8.19. The fourth-order valence-electron chi connectivity index (χ4n) is 2.63. The second-order valence-corrected chi connectivity index (χ2v) is 5.77. The summed E-state index contributed by atoms with van der Waals surface area (Å²) in [5.41, 5.74) is 6.97. The smallest absolute Gasteiger partial charge is 0.220 e. The molecule has 0 aliphatic heterocycles. The molecular formula is C17H25FN4O. The van der Waals surface area contributed by atoms with Crippen molar-refractivity contribution in [3.05, 3.63) is 29.8 Å². The summed E-state index contributed by atoms with van der Waals surface area (Å²) in [6.07, 6.45) is 5.23. The van der Waals surface area contributed by atoms with Crippen molar-refractivity contribution in [2.24, 2.45) is 12.8 Å². The highest BCUT2D eigenvalue weighted by molar-refractivity contribution is 5.76. The lowest BCUT2D eigenvalue weighted by Gasteiger charge is -2.05. The molecule has 23 heavy (non-hydrogen) atoms. The molecule has 5 nitrogen and oxygen atoms in total. The monoisotopic (exact) mass is 320 g/mol. The fourth-order valence-corrected chi connectivity index (χ4v) is 2.63. The van der Waals surface area contributed by atoms with Crippen molar-refractivity contribution < 1.29 is 9.18 Å². The number of rotatable bonds is 9. The first-order chi connectivity index (χ1) is 11.1. The SMILES string of the molecule is Cn1c(CCNC(=O)CCCCCCN)nc2cc(F)ccc21. The van der Waals surface area contributed by atoms with Gasteiger partial charge in [-0.15, -0.1) is 0 Å². The number of carbonyl (C=O) groups excluding carboxylic acids is 1. The largest absolute Gasteiger partial charge is 0.356 e. The molecule has 126 valence electrons. The van der Waals surface area contributed by atoms with E-state index >= 15 is 0 Å². The average Bonchev–Trinajstić information content (AvgIpc) is 2.83. The number of amides is 1. The van der Waals surface area contributed by atoms with Crippen molar-refractivity contribution in [2.45, 2.75) is 38.5 Å². The number of aryl methyl sites for hydroxylation is 1. The highest BCUT2D eigenvalue weighted by Gasteiger charge is 2.09. The Hall–Kier alpha value is -1.95. The van der Waals surface area contributed by atoms with Gasteiger partial charge < -0.3 is 15.6 Å². The summed E-state index contributed by atoms with van der Waals surface area (Å²) in [5.74, 6) is 0.626. The molecule has 0 spiro atoms. The van der Waals surface area contributed by atoms with Gasteiger partial charge in [-0.05, 0) is 31.5 Å². The minimum atomic E-state index is -0.287. The summed E-state index contributed by atoms with van der Waals surface area (Å²) < 4.78 is 15.2. The number of hydrogen-bond acceptors (Lipinski definition) is 3. The van der Waals surface area contributed by atoms with Crippen LogP contribution in [0.2, 0.25) is 0 Å². The van der Waals surface area contributed by atoms with Crippen LogP contribution in [0.15, 0.2) is 18.2 Å². The number of nitrogens with zero attached hydrogens (tertiary/aromatic N) is 2. The van der Waals surface area contributed by atoms with E-state index in [1.54, 1.807) is 6.07 Å². The second-order valence-electron chi connectivity index (χ2n) is 5.77. The number of carbonyl (C=O) groups is 1. The van der Waals surface area contributed by atoms with Crippen LogP contribution >= 0.6 is 0 Å². The van der Waals surface area contributed by atoms with Gasteiger partial charge in [0.15, 0.2) is 0 Å².